The van der Waals surface area contributed by atoms with E-state index in [0.29, 0.717) is 10.7 Å². The highest BCUT2D eigenvalue weighted by Crippen LogP contribution is 2.36. The average molecular weight is 431 g/mol. The molecule has 4 N–H and O–H groups in total. The Balaban J connectivity index is 1.58. The maximum absolute atomic E-state index is 12.5. The van der Waals surface area contributed by atoms with Gasteiger partial charge in [0.05, 0.1) is 6.04 Å². The maximum atomic E-state index is 12.5. The van der Waals surface area contributed by atoms with Crippen molar-refractivity contribution in [1.29, 1.82) is 0 Å². The minimum Gasteiger partial charge on any atom is -0.479 e. The Morgan fingerprint density at radius 2 is 2.07 bits per heavy atom. The van der Waals surface area contributed by atoms with Gasteiger partial charge in [-0.2, -0.15) is 0 Å². The van der Waals surface area contributed by atoms with Gasteiger partial charge in [-0.15, -0.1) is 0 Å². The third-order valence-electron chi connectivity index (χ3n) is 6.08. The molecule has 0 bridgehead atoms. The molecule has 4 aliphatic rings. The Labute approximate surface area is 181 Å². The van der Waals surface area contributed by atoms with Crippen LogP contribution in [0.5, 0.6) is 0 Å². The summed E-state index contributed by atoms with van der Waals surface area (Å²) in [6.07, 6.45) is 14.2. The van der Waals surface area contributed by atoms with E-state index in [2.05, 4.69) is 20.9 Å². The summed E-state index contributed by atoms with van der Waals surface area (Å²) in [7, 11) is 0. The molecular formula is C22H27ClN4O3. The van der Waals surface area contributed by atoms with Gasteiger partial charge in [-0.3, -0.25) is 4.79 Å². The van der Waals surface area contributed by atoms with Crippen molar-refractivity contribution in [3.8, 4) is 0 Å². The summed E-state index contributed by atoms with van der Waals surface area (Å²) < 4.78 is 0. The molecule has 4 atom stereocenters. The van der Waals surface area contributed by atoms with E-state index in [1.807, 2.05) is 19.1 Å². The number of amides is 1. The minimum atomic E-state index is -0.958. The first-order valence-electron chi connectivity index (χ1n) is 10.4. The van der Waals surface area contributed by atoms with Crippen molar-refractivity contribution in [1.82, 2.24) is 20.9 Å². The number of carbonyl (C=O) groups excluding carboxylic acids is 1. The van der Waals surface area contributed by atoms with Crippen LogP contribution in [0.2, 0.25) is 0 Å². The fourth-order valence-corrected chi connectivity index (χ4v) is 4.90. The third-order valence-corrected chi connectivity index (χ3v) is 6.31. The number of carbonyl (C=O) groups is 2. The highest BCUT2D eigenvalue weighted by atomic mass is 35.5. The van der Waals surface area contributed by atoms with E-state index in [1.54, 1.807) is 24.4 Å². The number of halogens is 1. The largest absolute Gasteiger partial charge is 0.479 e. The van der Waals surface area contributed by atoms with Gasteiger partial charge in [-0.05, 0) is 56.2 Å². The number of carboxylic acid groups (broad SMARTS) is 1. The monoisotopic (exact) mass is 430 g/mol. The molecule has 0 spiro atoms. The highest BCUT2D eigenvalue weighted by Gasteiger charge is 2.39. The van der Waals surface area contributed by atoms with Crippen LogP contribution in [-0.2, 0) is 9.59 Å². The smallest absolute Gasteiger partial charge is 0.332 e. The lowest BCUT2D eigenvalue weighted by atomic mass is 9.80. The van der Waals surface area contributed by atoms with Crippen LogP contribution in [0.4, 0.5) is 0 Å². The summed E-state index contributed by atoms with van der Waals surface area (Å²) in [5.41, 5.74) is 2.52. The van der Waals surface area contributed by atoms with E-state index >= 15 is 0 Å². The molecule has 1 amide bonds. The number of carboxylic acids is 1. The second-order valence-electron chi connectivity index (χ2n) is 8.11. The zero-order valence-corrected chi connectivity index (χ0v) is 17.7. The molecule has 30 heavy (non-hydrogen) atoms. The number of nitrogens with one attached hydrogen (secondary N) is 3. The lowest BCUT2D eigenvalue weighted by Crippen LogP contribution is -2.53. The second-order valence-corrected chi connectivity index (χ2v) is 8.55. The van der Waals surface area contributed by atoms with Gasteiger partial charge in [0.25, 0.3) is 0 Å². The molecule has 0 aromatic carbocycles. The van der Waals surface area contributed by atoms with Gasteiger partial charge in [0.15, 0.2) is 6.04 Å². The minimum absolute atomic E-state index is 0.0359. The van der Waals surface area contributed by atoms with Gasteiger partial charge in [-0.1, -0.05) is 17.7 Å². The van der Waals surface area contributed by atoms with Crippen LogP contribution in [0.3, 0.4) is 0 Å². The van der Waals surface area contributed by atoms with Crippen LogP contribution >= 0.6 is 11.6 Å². The number of aliphatic carboxylic acids is 1. The van der Waals surface area contributed by atoms with Crippen molar-refractivity contribution in [3.05, 3.63) is 58.6 Å². The predicted octanol–water partition coefficient (Wildman–Crippen LogP) is 1.97. The standard InChI is InChI=1S/C22H27ClN4O3/c1-13(25-17-6-5-7-24-21(17)22(29)30)15-10-14(23)11-16-18(12-19(28)26-20(15)16)27-8-3-2-4-9-27/h5-7,10-13,16,20-21,24-25H,2-4,8-9H2,1H3,(H,26,28)(H,29,30). The molecule has 0 aromatic heterocycles. The number of hydrogen-bond acceptors (Lipinski definition) is 5. The molecular weight excluding hydrogens is 404 g/mol. The summed E-state index contributed by atoms with van der Waals surface area (Å²) in [6.45, 7) is 3.86. The van der Waals surface area contributed by atoms with Gasteiger partial charge >= 0.3 is 5.97 Å². The lowest BCUT2D eigenvalue weighted by molar-refractivity contribution is -0.138. The summed E-state index contributed by atoms with van der Waals surface area (Å²) in [4.78, 5) is 26.4. The lowest BCUT2D eigenvalue weighted by Gasteiger charge is -2.43. The first kappa shape index (κ1) is 20.6. The number of likely N-dealkylation sites (tertiary alicyclic amines) is 1. The van der Waals surface area contributed by atoms with Crippen molar-refractivity contribution in [2.24, 2.45) is 5.92 Å². The second kappa shape index (κ2) is 8.60. The van der Waals surface area contributed by atoms with E-state index in [9.17, 15) is 14.7 Å². The fraction of sp³-hybridized carbons (Fsp3) is 0.455. The average Bonchev–Trinajstić information content (AvgIpc) is 2.74. The van der Waals surface area contributed by atoms with Crippen LogP contribution in [0.25, 0.3) is 0 Å². The Morgan fingerprint density at radius 3 is 2.80 bits per heavy atom. The van der Waals surface area contributed by atoms with E-state index in [0.717, 1.165) is 37.2 Å². The van der Waals surface area contributed by atoms with Crippen LogP contribution in [0.15, 0.2) is 58.6 Å². The molecule has 8 heteroatoms. The maximum Gasteiger partial charge on any atom is 0.332 e. The molecule has 1 saturated heterocycles. The van der Waals surface area contributed by atoms with Crippen LogP contribution in [-0.4, -0.2) is 53.1 Å². The summed E-state index contributed by atoms with van der Waals surface area (Å²) >= 11 is 6.50. The first-order valence-corrected chi connectivity index (χ1v) is 10.8. The van der Waals surface area contributed by atoms with Gasteiger partial charge in [0.2, 0.25) is 5.91 Å². The van der Waals surface area contributed by atoms with Gasteiger partial charge in [-0.25, -0.2) is 4.79 Å². The molecule has 0 saturated carbocycles. The third kappa shape index (κ3) is 4.12. The van der Waals surface area contributed by atoms with E-state index < -0.39 is 12.0 Å². The summed E-state index contributed by atoms with van der Waals surface area (Å²) in [5, 5.41) is 19.4. The Bertz CT molecular complexity index is 883. The molecule has 4 unspecified atom stereocenters. The quantitative estimate of drug-likeness (QED) is 0.533. The molecule has 1 fully saturated rings. The molecule has 4 rings (SSSR count). The highest BCUT2D eigenvalue weighted by molar-refractivity contribution is 6.31. The van der Waals surface area contributed by atoms with Gasteiger partial charge in [0.1, 0.15) is 0 Å². The number of piperidine rings is 1. The van der Waals surface area contributed by atoms with Gasteiger partial charge in [0, 0.05) is 47.6 Å². The zero-order valence-electron chi connectivity index (χ0n) is 16.9. The summed E-state index contributed by atoms with van der Waals surface area (Å²) in [5.74, 6) is -1.10. The molecule has 160 valence electrons. The van der Waals surface area contributed by atoms with E-state index in [-0.39, 0.29) is 23.9 Å². The number of rotatable bonds is 5. The molecule has 3 heterocycles. The van der Waals surface area contributed by atoms with Crippen LogP contribution in [0, 0.1) is 5.92 Å². The van der Waals surface area contributed by atoms with Crippen molar-refractivity contribution in [2.45, 2.75) is 44.3 Å². The SMILES string of the molecule is CC(NC1=CC=CNC1C(=O)O)C1=CC(Cl)=CC2C(N3CCCCC3)=CC(=O)NC12. The van der Waals surface area contributed by atoms with E-state index in [1.165, 1.54) is 6.42 Å². The Hall–Kier alpha value is -2.67. The molecule has 1 aliphatic carbocycles. The molecule has 0 radical (unpaired) electrons. The predicted molar refractivity (Wildman–Crippen MR) is 115 cm³/mol. The fourth-order valence-electron chi connectivity index (χ4n) is 4.63. The zero-order chi connectivity index (χ0) is 21.3. The van der Waals surface area contributed by atoms with Crippen molar-refractivity contribution in [2.75, 3.05) is 13.1 Å². The first-order chi connectivity index (χ1) is 14.4. The summed E-state index contributed by atoms with van der Waals surface area (Å²) in [6, 6.07) is -1.28. The van der Waals surface area contributed by atoms with Crippen molar-refractivity contribution in [3.63, 3.8) is 0 Å². The number of dihydropyridines is 1. The van der Waals surface area contributed by atoms with Crippen molar-refractivity contribution >= 4 is 23.5 Å². The topological polar surface area (TPSA) is 93.7 Å². The Kier molecular flexibility index (Phi) is 5.90. The molecule has 0 aromatic rings. The molecule has 3 aliphatic heterocycles. The van der Waals surface area contributed by atoms with E-state index in [4.69, 9.17) is 11.6 Å². The number of allylic oxidation sites excluding steroid dienone is 4. The van der Waals surface area contributed by atoms with Crippen LogP contribution in [0.1, 0.15) is 26.2 Å². The Morgan fingerprint density at radius 1 is 1.30 bits per heavy atom. The normalized spacial score (nSPS) is 29.3. The molecule has 7 nitrogen and oxygen atoms in total. The van der Waals surface area contributed by atoms with Crippen LogP contribution < -0.4 is 16.0 Å². The van der Waals surface area contributed by atoms with Crippen molar-refractivity contribution < 1.29 is 14.7 Å². The number of nitrogens with zero attached hydrogens (tertiary/aromatic N) is 1. The van der Waals surface area contributed by atoms with Gasteiger partial charge < -0.3 is 26.0 Å². The number of hydrogen-bond donors (Lipinski definition) is 4. The number of fused-ring (bicyclic) bond motifs is 1.